The zero-order valence-corrected chi connectivity index (χ0v) is 9.77. The molecular weight excluding hydrogens is 160 g/mol. The molecule has 0 amide bonds. The minimum absolute atomic E-state index is 0.868. The highest BCUT2D eigenvalue weighted by Crippen LogP contribution is 2.11. The molecule has 0 saturated heterocycles. The lowest BCUT2D eigenvalue weighted by molar-refractivity contribution is 0.330. The van der Waals surface area contributed by atoms with E-state index in [4.69, 9.17) is 0 Å². The molecular formula is C11H26N2. The molecule has 0 aromatic carbocycles. The van der Waals surface area contributed by atoms with Gasteiger partial charge in [-0.3, -0.25) is 0 Å². The van der Waals surface area contributed by atoms with Crippen molar-refractivity contribution in [2.45, 2.75) is 32.6 Å². The summed E-state index contributed by atoms with van der Waals surface area (Å²) in [6.07, 6.45) is 5.40. The third kappa shape index (κ3) is 8.26. The molecule has 2 heteroatoms. The van der Waals surface area contributed by atoms with Gasteiger partial charge in [0.05, 0.1) is 0 Å². The molecule has 2 nitrogen and oxygen atoms in total. The number of hydrogen-bond donors (Lipinski definition) is 1. The molecule has 13 heavy (non-hydrogen) atoms. The Morgan fingerprint density at radius 3 is 2.38 bits per heavy atom. The molecule has 0 radical (unpaired) electrons. The fraction of sp³-hybridized carbons (Fsp3) is 1.00. The van der Waals surface area contributed by atoms with Crippen molar-refractivity contribution in [2.75, 3.05) is 34.2 Å². The van der Waals surface area contributed by atoms with Crippen LogP contribution >= 0.6 is 0 Å². The maximum Gasteiger partial charge on any atom is -0.00217 e. The van der Waals surface area contributed by atoms with Gasteiger partial charge in [0.2, 0.25) is 0 Å². The standard InChI is InChI=1S/C11H26N2/c1-5-6-7-11(10-12-2)8-9-13(3)4/h11-12H,5-10H2,1-4H3. The lowest BCUT2D eigenvalue weighted by Crippen LogP contribution is -2.23. The first-order chi connectivity index (χ1) is 6.20. The quantitative estimate of drug-likeness (QED) is 0.623. The highest BCUT2D eigenvalue weighted by Gasteiger charge is 2.06. The Kier molecular flexibility index (Phi) is 8.46. The molecule has 0 heterocycles. The third-order valence-electron chi connectivity index (χ3n) is 2.44. The highest BCUT2D eigenvalue weighted by atomic mass is 15.0. The molecule has 0 rings (SSSR count). The first-order valence-corrected chi connectivity index (χ1v) is 5.50. The van der Waals surface area contributed by atoms with Crippen LogP contribution in [0.15, 0.2) is 0 Å². The predicted octanol–water partition coefficient (Wildman–Crippen LogP) is 1.96. The Bertz CT molecular complexity index is 102. The number of rotatable bonds is 8. The number of hydrogen-bond acceptors (Lipinski definition) is 2. The smallest absolute Gasteiger partial charge is 0.00217 e. The Morgan fingerprint density at radius 1 is 1.23 bits per heavy atom. The normalized spacial score (nSPS) is 13.6. The van der Waals surface area contributed by atoms with Crippen molar-refractivity contribution < 1.29 is 0 Å². The van der Waals surface area contributed by atoms with E-state index in [1.54, 1.807) is 0 Å². The molecule has 0 spiro atoms. The van der Waals surface area contributed by atoms with Gasteiger partial charge in [-0.1, -0.05) is 19.8 Å². The van der Waals surface area contributed by atoms with Crippen LogP contribution in [0.25, 0.3) is 0 Å². The number of unbranched alkanes of at least 4 members (excludes halogenated alkanes) is 1. The molecule has 0 aliphatic rings. The van der Waals surface area contributed by atoms with Crippen molar-refractivity contribution in [2.24, 2.45) is 5.92 Å². The van der Waals surface area contributed by atoms with Gasteiger partial charge in [0.1, 0.15) is 0 Å². The fourth-order valence-corrected chi connectivity index (χ4v) is 1.57. The summed E-state index contributed by atoms with van der Waals surface area (Å²) >= 11 is 0. The summed E-state index contributed by atoms with van der Waals surface area (Å²) in [6, 6.07) is 0. The molecule has 80 valence electrons. The van der Waals surface area contributed by atoms with E-state index in [1.165, 1.54) is 38.8 Å². The van der Waals surface area contributed by atoms with Gasteiger partial charge in [0, 0.05) is 0 Å². The Morgan fingerprint density at radius 2 is 1.92 bits per heavy atom. The maximum atomic E-state index is 3.28. The molecule has 1 atom stereocenters. The first kappa shape index (κ1) is 12.9. The maximum absolute atomic E-state index is 3.28. The zero-order valence-electron chi connectivity index (χ0n) is 9.77. The fourth-order valence-electron chi connectivity index (χ4n) is 1.57. The monoisotopic (exact) mass is 186 g/mol. The summed E-state index contributed by atoms with van der Waals surface area (Å²) in [5, 5.41) is 3.28. The van der Waals surface area contributed by atoms with E-state index in [0.29, 0.717) is 0 Å². The highest BCUT2D eigenvalue weighted by molar-refractivity contribution is 4.62. The molecule has 0 aliphatic carbocycles. The molecule has 0 fully saturated rings. The van der Waals surface area contributed by atoms with Crippen LogP contribution < -0.4 is 5.32 Å². The summed E-state index contributed by atoms with van der Waals surface area (Å²) in [6.45, 7) is 4.66. The van der Waals surface area contributed by atoms with Crippen LogP contribution in [-0.4, -0.2) is 39.1 Å². The van der Waals surface area contributed by atoms with Crippen molar-refractivity contribution in [3.05, 3.63) is 0 Å². The van der Waals surface area contributed by atoms with E-state index in [-0.39, 0.29) is 0 Å². The topological polar surface area (TPSA) is 15.3 Å². The van der Waals surface area contributed by atoms with E-state index in [9.17, 15) is 0 Å². The average molecular weight is 186 g/mol. The van der Waals surface area contributed by atoms with Gasteiger partial charge in [0.15, 0.2) is 0 Å². The summed E-state index contributed by atoms with van der Waals surface area (Å²) in [5.74, 6) is 0.868. The Labute approximate surface area is 83.7 Å². The van der Waals surface area contributed by atoms with Crippen molar-refractivity contribution in [1.82, 2.24) is 10.2 Å². The SMILES string of the molecule is CCCCC(CCN(C)C)CNC. The lowest BCUT2D eigenvalue weighted by atomic mass is 9.98. The first-order valence-electron chi connectivity index (χ1n) is 5.50. The van der Waals surface area contributed by atoms with Crippen LogP contribution in [-0.2, 0) is 0 Å². The lowest BCUT2D eigenvalue weighted by Gasteiger charge is -2.18. The van der Waals surface area contributed by atoms with Crippen LogP contribution in [0.4, 0.5) is 0 Å². The van der Waals surface area contributed by atoms with Crippen LogP contribution in [0.5, 0.6) is 0 Å². The minimum Gasteiger partial charge on any atom is -0.319 e. The van der Waals surface area contributed by atoms with Gasteiger partial charge in [-0.25, -0.2) is 0 Å². The van der Waals surface area contributed by atoms with E-state index in [2.05, 4.69) is 38.3 Å². The van der Waals surface area contributed by atoms with Crippen molar-refractivity contribution >= 4 is 0 Å². The summed E-state index contributed by atoms with van der Waals surface area (Å²) in [7, 11) is 6.35. The van der Waals surface area contributed by atoms with Gasteiger partial charge >= 0.3 is 0 Å². The van der Waals surface area contributed by atoms with Gasteiger partial charge in [-0.15, -0.1) is 0 Å². The van der Waals surface area contributed by atoms with Gasteiger partial charge in [-0.05, 0) is 53.0 Å². The summed E-state index contributed by atoms with van der Waals surface area (Å²) < 4.78 is 0. The van der Waals surface area contributed by atoms with Crippen molar-refractivity contribution in [3.8, 4) is 0 Å². The third-order valence-corrected chi connectivity index (χ3v) is 2.44. The van der Waals surface area contributed by atoms with Gasteiger partial charge in [0.25, 0.3) is 0 Å². The summed E-state index contributed by atoms with van der Waals surface area (Å²) in [4.78, 5) is 2.27. The molecule has 0 aliphatic heterocycles. The Balaban J connectivity index is 3.53. The molecule has 1 N–H and O–H groups in total. The van der Waals surface area contributed by atoms with Crippen molar-refractivity contribution in [3.63, 3.8) is 0 Å². The van der Waals surface area contributed by atoms with Crippen LogP contribution in [0.1, 0.15) is 32.6 Å². The second-order valence-corrected chi connectivity index (χ2v) is 4.16. The van der Waals surface area contributed by atoms with Crippen LogP contribution in [0.2, 0.25) is 0 Å². The van der Waals surface area contributed by atoms with E-state index in [1.807, 2.05) is 0 Å². The van der Waals surface area contributed by atoms with E-state index < -0.39 is 0 Å². The van der Waals surface area contributed by atoms with Crippen LogP contribution in [0.3, 0.4) is 0 Å². The number of nitrogens with one attached hydrogen (secondary N) is 1. The molecule has 0 saturated carbocycles. The zero-order chi connectivity index (χ0) is 10.1. The second kappa shape index (κ2) is 8.52. The molecule has 1 unspecified atom stereocenters. The van der Waals surface area contributed by atoms with Crippen molar-refractivity contribution in [1.29, 1.82) is 0 Å². The minimum atomic E-state index is 0.868. The second-order valence-electron chi connectivity index (χ2n) is 4.16. The number of nitrogens with zero attached hydrogens (tertiary/aromatic N) is 1. The molecule has 0 aromatic heterocycles. The van der Waals surface area contributed by atoms with E-state index >= 15 is 0 Å². The van der Waals surface area contributed by atoms with E-state index in [0.717, 1.165) is 5.92 Å². The average Bonchev–Trinajstić information content (AvgIpc) is 2.09. The van der Waals surface area contributed by atoms with Gasteiger partial charge in [-0.2, -0.15) is 0 Å². The Hall–Kier alpha value is -0.0800. The van der Waals surface area contributed by atoms with Crippen LogP contribution in [0, 0.1) is 5.92 Å². The van der Waals surface area contributed by atoms with Gasteiger partial charge < -0.3 is 10.2 Å². The molecule has 0 aromatic rings. The largest absolute Gasteiger partial charge is 0.319 e. The summed E-state index contributed by atoms with van der Waals surface area (Å²) in [5.41, 5.74) is 0. The predicted molar refractivity (Wildman–Crippen MR) is 60.1 cm³/mol. The molecule has 0 bridgehead atoms.